The van der Waals surface area contributed by atoms with Gasteiger partial charge in [0, 0.05) is 11.1 Å². The molecule has 3 aromatic carbocycles. The molecule has 0 fully saturated rings. The largest absolute Gasteiger partial charge is 0.431 e. The second kappa shape index (κ2) is 8.91. The van der Waals surface area contributed by atoms with Gasteiger partial charge < -0.3 is 15.8 Å². The summed E-state index contributed by atoms with van der Waals surface area (Å²) < 4.78 is 45.3. The number of alkyl halides is 3. The zero-order valence-electron chi connectivity index (χ0n) is 16.8. The number of fused-ring (bicyclic) bond motifs is 1. The van der Waals surface area contributed by atoms with E-state index >= 15 is 0 Å². The molecule has 0 spiro atoms. The zero-order chi connectivity index (χ0) is 23.6. The van der Waals surface area contributed by atoms with Crippen LogP contribution in [-0.4, -0.2) is 23.3 Å². The zero-order valence-corrected chi connectivity index (χ0v) is 17.7. The smallest absolute Gasteiger partial charge is 0.416 e. The van der Waals surface area contributed by atoms with Crippen LogP contribution in [0.25, 0.3) is 21.3 Å². The van der Waals surface area contributed by atoms with Crippen molar-refractivity contribution in [1.29, 1.82) is 0 Å². The SMILES string of the molecule is NC(=O)CNC(=O)c1cccc(-c2cccc3nc(Oc4cccc(C(F)(F)F)c4)sc23)c1. The predicted molar refractivity (Wildman–Crippen MR) is 118 cm³/mol. The third-order valence-electron chi connectivity index (χ3n) is 4.62. The second-order valence-corrected chi connectivity index (χ2v) is 7.95. The normalized spacial score (nSPS) is 11.4. The number of carbonyl (C=O) groups excluding carboxylic acids is 2. The van der Waals surface area contributed by atoms with E-state index in [1.54, 1.807) is 30.3 Å². The lowest BCUT2D eigenvalue weighted by Crippen LogP contribution is -2.33. The van der Waals surface area contributed by atoms with Crippen molar-refractivity contribution in [1.82, 2.24) is 10.3 Å². The number of nitrogens with zero attached hydrogens (tertiary/aromatic N) is 1. The topological polar surface area (TPSA) is 94.3 Å². The molecule has 0 aliphatic carbocycles. The highest BCUT2D eigenvalue weighted by molar-refractivity contribution is 7.20. The van der Waals surface area contributed by atoms with Gasteiger partial charge in [-0.25, -0.2) is 4.98 Å². The summed E-state index contributed by atoms with van der Waals surface area (Å²) in [5.41, 5.74) is 6.69. The minimum atomic E-state index is -4.48. The molecule has 4 aromatic rings. The monoisotopic (exact) mass is 471 g/mol. The van der Waals surface area contributed by atoms with Crippen LogP contribution in [0.3, 0.4) is 0 Å². The minimum Gasteiger partial charge on any atom is -0.431 e. The number of primary amides is 1. The van der Waals surface area contributed by atoms with Crippen molar-refractivity contribution >= 4 is 33.4 Å². The molecule has 6 nitrogen and oxygen atoms in total. The molecule has 168 valence electrons. The Balaban J connectivity index is 1.64. The number of hydrogen-bond donors (Lipinski definition) is 2. The van der Waals surface area contributed by atoms with E-state index < -0.39 is 23.6 Å². The van der Waals surface area contributed by atoms with E-state index in [0.29, 0.717) is 11.1 Å². The van der Waals surface area contributed by atoms with Crippen molar-refractivity contribution in [3.05, 3.63) is 77.9 Å². The van der Waals surface area contributed by atoms with Crippen molar-refractivity contribution in [3.8, 4) is 22.1 Å². The Bertz CT molecular complexity index is 1350. The molecule has 0 saturated carbocycles. The number of nitrogens with one attached hydrogen (secondary N) is 1. The number of aromatic nitrogens is 1. The Hall–Kier alpha value is -3.92. The fourth-order valence-corrected chi connectivity index (χ4v) is 4.10. The summed E-state index contributed by atoms with van der Waals surface area (Å²) in [4.78, 5) is 27.6. The van der Waals surface area contributed by atoms with E-state index in [2.05, 4.69) is 10.3 Å². The second-order valence-electron chi connectivity index (χ2n) is 6.99. The Kier molecular flexibility index (Phi) is 6.01. The van der Waals surface area contributed by atoms with Gasteiger partial charge in [0.1, 0.15) is 5.75 Å². The molecule has 0 aliphatic heterocycles. The molecule has 0 unspecified atom stereocenters. The van der Waals surface area contributed by atoms with Crippen LogP contribution in [0.4, 0.5) is 13.2 Å². The maximum Gasteiger partial charge on any atom is 0.416 e. The quantitative estimate of drug-likeness (QED) is 0.414. The van der Waals surface area contributed by atoms with Gasteiger partial charge in [0.05, 0.1) is 22.3 Å². The van der Waals surface area contributed by atoms with Crippen molar-refractivity contribution in [2.75, 3.05) is 6.54 Å². The van der Waals surface area contributed by atoms with Crippen LogP contribution in [0.15, 0.2) is 66.7 Å². The molecule has 2 amide bonds. The van der Waals surface area contributed by atoms with Gasteiger partial charge >= 0.3 is 6.18 Å². The number of benzene rings is 3. The van der Waals surface area contributed by atoms with Gasteiger partial charge in [-0.2, -0.15) is 13.2 Å². The molecule has 33 heavy (non-hydrogen) atoms. The van der Waals surface area contributed by atoms with E-state index in [-0.39, 0.29) is 17.5 Å². The summed E-state index contributed by atoms with van der Waals surface area (Å²) in [6.07, 6.45) is -4.48. The molecule has 0 bridgehead atoms. The molecule has 4 rings (SSSR count). The van der Waals surface area contributed by atoms with E-state index in [1.807, 2.05) is 12.1 Å². The molecule has 1 heterocycles. The Morgan fingerprint density at radius 2 is 1.79 bits per heavy atom. The van der Waals surface area contributed by atoms with Crippen LogP contribution >= 0.6 is 11.3 Å². The third kappa shape index (κ3) is 5.12. The maximum atomic E-state index is 13.0. The van der Waals surface area contributed by atoms with Crippen molar-refractivity contribution in [2.45, 2.75) is 6.18 Å². The highest BCUT2D eigenvalue weighted by atomic mass is 32.1. The summed E-state index contributed by atoms with van der Waals surface area (Å²) in [5.74, 6) is -1.07. The number of ether oxygens (including phenoxy) is 1. The number of nitrogens with two attached hydrogens (primary N) is 1. The number of rotatable bonds is 6. The highest BCUT2D eigenvalue weighted by Gasteiger charge is 2.30. The lowest BCUT2D eigenvalue weighted by molar-refractivity contribution is -0.137. The first kappa shape index (κ1) is 22.3. The molecular weight excluding hydrogens is 455 g/mol. The van der Waals surface area contributed by atoms with Gasteiger partial charge in [0.25, 0.3) is 11.1 Å². The molecule has 0 atom stereocenters. The molecular formula is C23H16F3N3O3S. The van der Waals surface area contributed by atoms with Gasteiger partial charge in [-0.05, 0) is 42.0 Å². The Morgan fingerprint density at radius 1 is 1.03 bits per heavy atom. The lowest BCUT2D eigenvalue weighted by Gasteiger charge is -2.08. The molecule has 3 N–H and O–H groups in total. The summed E-state index contributed by atoms with van der Waals surface area (Å²) in [5, 5.41) is 2.62. The standard InChI is InChI=1S/C23H16F3N3O3S/c24-23(25,26)15-6-2-7-16(11-15)32-22-29-18-9-3-8-17(20(18)33-22)13-4-1-5-14(10-13)21(31)28-12-19(27)30/h1-11H,12H2,(H2,27,30)(H,28,31). The van der Waals surface area contributed by atoms with Crippen molar-refractivity contribution < 1.29 is 27.5 Å². The van der Waals surface area contributed by atoms with E-state index in [4.69, 9.17) is 10.5 Å². The number of hydrogen-bond acceptors (Lipinski definition) is 5. The predicted octanol–water partition coefficient (Wildman–Crippen LogP) is 4.99. The Labute approximate surface area is 189 Å². The highest BCUT2D eigenvalue weighted by Crippen LogP contribution is 2.39. The van der Waals surface area contributed by atoms with Gasteiger partial charge in [-0.3, -0.25) is 9.59 Å². The van der Waals surface area contributed by atoms with E-state index in [0.717, 1.165) is 28.0 Å². The summed E-state index contributed by atoms with van der Waals surface area (Å²) in [6, 6.07) is 16.8. The van der Waals surface area contributed by atoms with Crippen molar-refractivity contribution in [2.24, 2.45) is 5.73 Å². The fourth-order valence-electron chi connectivity index (χ4n) is 3.13. The molecule has 1 aromatic heterocycles. The molecule has 0 saturated heterocycles. The summed E-state index contributed by atoms with van der Waals surface area (Å²) in [6.45, 7) is -0.274. The third-order valence-corrected chi connectivity index (χ3v) is 5.60. The van der Waals surface area contributed by atoms with Crippen LogP contribution in [0.2, 0.25) is 0 Å². The molecule has 10 heteroatoms. The van der Waals surface area contributed by atoms with Crippen LogP contribution in [0, 0.1) is 0 Å². The minimum absolute atomic E-state index is 0.0264. The van der Waals surface area contributed by atoms with E-state index in [9.17, 15) is 22.8 Å². The summed E-state index contributed by atoms with van der Waals surface area (Å²) >= 11 is 1.18. The average molecular weight is 471 g/mol. The first-order chi connectivity index (χ1) is 15.7. The van der Waals surface area contributed by atoms with Gasteiger partial charge in [0.15, 0.2) is 0 Å². The van der Waals surface area contributed by atoms with Gasteiger partial charge in [-0.1, -0.05) is 41.7 Å². The number of halogens is 3. The number of amides is 2. The van der Waals surface area contributed by atoms with Crippen LogP contribution in [0.1, 0.15) is 15.9 Å². The lowest BCUT2D eigenvalue weighted by atomic mass is 10.0. The maximum absolute atomic E-state index is 13.0. The number of carbonyl (C=O) groups is 2. The first-order valence-electron chi connectivity index (χ1n) is 9.62. The fraction of sp³-hybridized carbons (Fsp3) is 0.0870. The van der Waals surface area contributed by atoms with Crippen molar-refractivity contribution in [3.63, 3.8) is 0 Å². The molecule has 0 aliphatic rings. The van der Waals surface area contributed by atoms with Gasteiger partial charge in [-0.15, -0.1) is 0 Å². The van der Waals surface area contributed by atoms with Crippen LogP contribution in [0.5, 0.6) is 10.9 Å². The first-order valence-corrected chi connectivity index (χ1v) is 10.4. The number of thiazole rings is 1. The van der Waals surface area contributed by atoms with Gasteiger partial charge in [0.2, 0.25) is 5.91 Å². The van der Waals surface area contributed by atoms with Crippen LogP contribution < -0.4 is 15.8 Å². The Morgan fingerprint density at radius 3 is 2.55 bits per heavy atom. The molecule has 0 radical (unpaired) electrons. The van der Waals surface area contributed by atoms with Crippen LogP contribution in [-0.2, 0) is 11.0 Å². The average Bonchev–Trinajstić information content (AvgIpc) is 3.19. The summed E-state index contributed by atoms with van der Waals surface area (Å²) in [7, 11) is 0. The van der Waals surface area contributed by atoms with E-state index in [1.165, 1.54) is 23.5 Å².